The zero-order valence-corrected chi connectivity index (χ0v) is 12.4. The lowest BCUT2D eigenvalue weighted by Gasteiger charge is -2.11. The molecule has 1 aromatic carbocycles. The fraction of sp³-hybridized carbons (Fsp3) is 0.400. The Kier molecular flexibility index (Phi) is 10.8. The van der Waals surface area contributed by atoms with Crippen LogP contribution in [0.1, 0.15) is 5.56 Å². The van der Waals surface area contributed by atoms with Gasteiger partial charge in [0.15, 0.2) is 0 Å². The molecule has 0 radical (unpaired) electrons. The van der Waals surface area contributed by atoms with Crippen molar-refractivity contribution in [3.63, 3.8) is 0 Å². The maximum absolute atomic E-state index is 10.2. The summed E-state index contributed by atoms with van der Waals surface area (Å²) in [5, 5.41) is 25.0. The van der Waals surface area contributed by atoms with Crippen molar-refractivity contribution in [3.8, 4) is 5.75 Å². The molecule has 1 aromatic rings. The molecule has 0 aliphatic rings. The predicted molar refractivity (Wildman–Crippen MR) is 81.3 cm³/mol. The molecule has 0 spiro atoms. The highest BCUT2D eigenvalue weighted by Gasteiger charge is 1.92. The van der Waals surface area contributed by atoms with Crippen molar-refractivity contribution in [2.75, 3.05) is 40.5 Å². The summed E-state index contributed by atoms with van der Waals surface area (Å²) < 4.78 is 4.95. The monoisotopic (exact) mass is 297 g/mol. The maximum atomic E-state index is 10.2. The van der Waals surface area contributed by atoms with Gasteiger partial charge in [0, 0.05) is 19.2 Å². The van der Waals surface area contributed by atoms with E-state index in [-0.39, 0.29) is 13.2 Å². The zero-order valence-electron chi connectivity index (χ0n) is 12.4. The van der Waals surface area contributed by atoms with E-state index in [1.165, 1.54) is 6.08 Å². The second kappa shape index (κ2) is 11.9. The number of likely N-dealkylation sites (N-methyl/N-ethyl adjacent to an activating group) is 1. The summed E-state index contributed by atoms with van der Waals surface area (Å²) in [6.45, 7) is 1.61. The summed E-state index contributed by atoms with van der Waals surface area (Å²) in [7, 11) is 3.44. The standard InChI is InChI=1S/C10H10O3.C5H13NO2/c1-13-9-5-2-8(3-6-9)4-7-10(11)12;1-6(2-4-7)3-5-8/h2-7H,1H3,(H,11,12);7-8H,2-5H2,1H3. The molecule has 1 rings (SSSR count). The minimum absolute atomic E-state index is 0.163. The minimum Gasteiger partial charge on any atom is -0.497 e. The Balaban J connectivity index is 0.000000433. The number of aliphatic carboxylic acids is 1. The quantitative estimate of drug-likeness (QED) is 0.642. The third-order valence-corrected chi connectivity index (χ3v) is 2.50. The van der Waals surface area contributed by atoms with Crippen LogP contribution in [0.15, 0.2) is 30.3 Å². The first-order valence-electron chi connectivity index (χ1n) is 6.48. The summed E-state index contributed by atoms with van der Waals surface area (Å²) in [6.07, 6.45) is 2.63. The molecular weight excluding hydrogens is 274 g/mol. The fourth-order valence-electron chi connectivity index (χ4n) is 1.34. The molecule has 0 atom stereocenters. The Morgan fingerprint density at radius 1 is 1.19 bits per heavy atom. The number of rotatable bonds is 7. The van der Waals surface area contributed by atoms with Crippen molar-refractivity contribution in [2.45, 2.75) is 0 Å². The molecule has 118 valence electrons. The zero-order chi connectivity index (χ0) is 16.1. The van der Waals surface area contributed by atoms with Gasteiger partial charge in [0.05, 0.1) is 20.3 Å². The van der Waals surface area contributed by atoms with E-state index >= 15 is 0 Å². The van der Waals surface area contributed by atoms with Crippen LogP contribution in [0, 0.1) is 0 Å². The van der Waals surface area contributed by atoms with Crippen molar-refractivity contribution < 1.29 is 24.9 Å². The van der Waals surface area contributed by atoms with Crippen molar-refractivity contribution in [1.82, 2.24) is 4.90 Å². The number of ether oxygens (including phenoxy) is 1. The van der Waals surface area contributed by atoms with Crippen molar-refractivity contribution in [1.29, 1.82) is 0 Å². The molecule has 0 saturated heterocycles. The highest BCUT2D eigenvalue weighted by molar-refractivity contribution is 5.85. The van der Waals surface area contributed by atoms with Gasteiger partial charge in [0.25, 0.3) is 0 Å². The molecule has 0 amide bonds. The SMILES string of the molecule is CN(CCO)CCO.COc1ccc(C=CC(=O)O)cc1. The number of carbonyl (C=O) groups is 1. The van der Waals surface area contributed by atoms with Crippen molar-refractivity contribution >= 4 is 12.0 Å². The van der Waals surface area contributed by atoms with Gasteiger partial charge in [0.1, 0.15) is 5.75 Å². The normalized spacial score (nSPS) is 10.3. The molecule has 0 fully saturated rings. The molecule has 0 unspecified atom stereocenters. The predicted octanol–water partition coefficient (Wildman–Crippen LogP) is 0.696. The second-order valence-electron chi connectivity index (χ2n) is 4.20. The van der Waals surface area contributed by atoms with Crippen molar-refractivity contribution in [3.05, 3.63) is 35.9 Å². The smallest absolute Gasteiger partial charge is 0.328 e. The van der Waals surface area contributed by atoms with E-state index in [9.17, 15) is 4.79 Å². The molecule has 6 heteroatoms. The van der Waals surface area contributed by atoms with E-state index in [1.54, 1.807) is 31.4 Å². The topological polar surface area (TPSA) is 90.2 Å². The number of benzene rings is 1. The van der Waals surface area contributed by atoms with Crippen molar-refractivity contribution in [2.24, 2.45) is 0 Å². The molecule has 0 saturated carbocycles. The molecular formula is C15H23NO5. The number of hydrogen-bond acceptors (Lipinski definition) is 5. The summed E-state index contributed by atoms with van der Waals surface area (Å²) in [6, 6.07) is 7.14. The van der Waals surface area contributed by atoms with Gasteiger partial charge in [-0.25, -0.2) is 4.79 Å². The van der Waals surface area contributed by atoms with Gasteiger partial charge in [-0.05, 0) is 30.8 Å². The lowest BCUT2D eigenvalue weighted by Crippen LogP contribution is -2.25. The number of methoxy groups -OCH3 is 1. The van der Waals surface area contributed by atoms with Crippen LogP contribution in [0.2, 0.25) is 0 Å². The molecule has 0 aromatic heterocycles. The van der Waals surface area contributed by atoms with Gasteiger partial charge in [-0.15, -0.1) is 0 Å². The average molecular weight is 297 g/mol. The van der Waals surface area contributed by atoms with Crippen LogP contribution in [-0.2, 0) is 4.79 Å². The van der Waals surface area contributed by atoms with Crippen LogP contribution < -0.4 is 4.74 Å². The van der Waals surface area contributed by atoms with E-state index in [0.29, 0.717) is 13.1 Å². The van der Waals surface area contributed by atoms with Crippen LogP contribution in [0.25, 0.3) is 6.08 Å². The molecule has 0 heterocycles. The average Bonchev–Trinajstić information content (AvgIpc) is 2.47. The number of aliphatic hydroxyl groups excluding tert-OH is 2. The first-order chi connectivity index (χ1) is 10.0. The summed E-state index contributed by atoms with van der Waals surface area (Å²) in [4.78, 5) is 12.0. The van der Waals surface area contributed by atoms with E-state index in [1.807, 2.05) is 11.9 Å². The lowest BCUT2D eigenvalue weighted by atomic mass is 10.2. The second-order valence-corrected chi connectivity index (χ2v) is 4.20. The van der Waals surface area contributed by atoms with Crippen LogP contribution >= 0.6 is 0 Å². The number of carboxylic acid groups (broad SMARTS) is 1. The third kappa shape index (κ3) is 10.5. The maximum Gasteiger partial charge on any atom is 0.328 e. The fourth-order valence-corrected chi connectivity index (χ4v) is 1.34. The molecule has 0 aliphatic carbocycles. The third-order valence-electron chi connectivity index (χ3n) is 2.50. The van der Waals surface area contributed by atoms with E-state index in [0.717, 1.165) is 17.4 Å². The summed E-state index contributed by atoms with van der Waals surface area (Å²) in [5.74, 6) is -0.191. The highest BCUT2D eigenvalue weighted by Crippen LogP contribution is 2.11. The largest absolute Gasteiger partial charge is 0.497 e. The van der Waals surface area contributed by atoms with Gasteiger partial charge < -0.3 is 25.0 Å². The van der Waals surface area contributed by atoms with Gasteiger partial charge in [-0.3, -0.25) is 0 Å². The van der Waals surface area contributed by atoms with Gasteiger partial charge in [0.2, 0.25) is 0 Å². The first-order valence-corrected chi connectivity index (χ1v) is 6.48. The van der Waals surface area contributed by atoms with E-state index in [2.05, 4.69) is 0 Å². The molecule has 0 bridgehead atoms. The van der Waals surface area contributed by atoms with E-state index < -0.39 is 5.97 Å². The molecule has 3 N–H and O–H groups in total. The van der Waals surface area contributed by atoms with Gasteiger partial charge >= 0.3 is 5.97 Å². The van der Waals surface area contributed by atoms with Crippen LogP contribution in [0.3, 0.4) is 0 Å². The number of hydrogen-bond donors (Lipinski definition) is 3. The molecule has 0 aliphatic heterocycles. The minimum atomic E-state index is -0.948. The number of carboxylic acids is 1. The first kappa shape index (κ1) is 19.1. The summed E-state index contributed by atoms with van der Waals surface area (Å²) >= 11 is 0. The Bertz CT molecular complexity index is 411. The number of nitrogens with zero attached hydrogens (tertiary/aromatic N) is 1. The molecule has 6 nitrogen and oxygen atoms in total. The van der Waals surface area contributed by atoms with E-state index in [4.69, 9.17) is 20.1 Å². The Morgan fingerprint density at radius 3 is 2.10 bits per heavy atom. The lowest BCUT2D eigenvalue weighted by molar-refractivity contribution is -0.131. The summed E-state index contributed by atoms with van der Waals surface area (Å²) in [5.41, 5.74) is 0.836. The molecule has 21 heavy (non-hydrogen) atoms. The van der Waals surface area contributed by atoms with Gasteiger partial charge in [-0.2, -0.15) is 0 Å². The number of aliphatic hydroxyl groups is 2. The highest BCUT2D eigenvalue weighted by atomic mass is 16.5. The Morgan fingerprint density at radius 2 is 1.71 bits per heavy atom. The Labute approximate surface area is 124 Å². The van der Waals surface area contributed by atoms with Crippen LogP contribution in [0.5, 0.6) is 5.75 Å². The Hall–Kier alpha value is -1.89. The van der Waals surface area contributed by atoms with Crippen LogP contribution in [0.4, 0.5) is 0 Å². The van der Waals surface area contributed by atoms with Gasteiger partial charge in [-0.1, -0.05) is 12.1 Å². The van der Waals surface area contributed by atoms with Crippen LogP contribution in [-0.4, -0.2) is 66.6 Å².